The summed E-state index contributed by atoms with van der Waals surface area (Å²) in [4.78, 5) is 0. The molecule has 0 heterocycles. The van der Waals surface area contributed by atoms with Crippen LogP contribution in [0.15, 0.2) is 0 Å². The normalized spacial score (nSPS) is 26.1. The molecule has 0 aromatic heterocycles. The van der Waals surface area contributed by atoms with Crippen LogP contribution in [0.3, 0.4) is 0 Å². The van der Waals surface area contributed by atoms with E-state index in [1.54, 1.807) is 0 Å². The lowest BCUT2D eigenvalue weighted by molar-refractivity contribution is 0.260. The summed E-state index contributed by atoms with van der Waals surface area (Å²) >= 11 is 6.02. The van der Waals surface area contributed by atoms with Crippen molar-refractivity contribution in [3.63, 3.8) is 0 Å². The summed E-state index contributed by atoms with van der Waals surface area (Å²) in [6, 6.07) is 0. The fourth-order valence-corrected chi connectivity index (χ4v) is 5.87. The molecule has 0 unspecified atom stereocenters. The largest absolute Gasteiger partial charge is 0.161 e. The van der Waals surface area contributed by atoms with Gasteiger partial charge in [0.15, 0.2) is 0 Å². The van der Waals surface area contributed by atoms with Crippen molar-refractivity contribution in [3.8, 4) is 0 Å². The summed E-state index contributed by atoms with van der Waals surface area (Å²) in [6.45, 7) is 0. The quantitative estimate of drug-likeness (QED) is 0.625. The Morgan fingerprint density at radius 3 is 2.31 bits per heavy atom. The Hall–Kier alpha value is 0.830. The van der Waals surface area contributed by atoms with E-state index in [1.165, 1.54) is 74.6 Å². The van der Waals surface area contributed by atoms with Gasteiger partial charge in [-0.15, -0.1) is 0 Å². The zero-order chi connectivity index (χ0) is 11.3. The molecule has 2 rings (SSSR count). The molecule has 94 valence electrons. The minimum absolute atomic E-state index is 0.654. The van der Waals surface area contributed by atoms with E-state index in [2.05, 4.69) is 27.7 Å². The molecule has 0 atom stereocenters. The summed E-state index contributed by atoms with van der Waals surface area (Å²) in [5, 5.41) is 1.23. The molecular weight excluding hydrogens is 280 g/mol. The molecule has 0 aliphatic heterocycles. The second kappa shape index (κ2) is 6.68. The number of hydrogen-bond donors (Lipinski definition) is 0. The summed E-state index contributed by atoms with van der Waals surface area (Å²) in [5.74, 6) is 3.91. The molecule has 2 fully saturated rings. The number of halogens is 1. The summed E-state index contributed by atoms with van der Waals surface area (Å²) in [5.41, 5.74) is 0.654. The molecule has 0 saturated heterocycles. The van der Waals surface area contributed by atoms with Gasteiger partial charge in [0, 0.05) is 5.33 Å². The van der Waals surface area contributed by atoms with Gasteiger partial charge in [0.2, 0.25) is 0 Å². The van der Waals surface area contributed by atoms with Crippen LogP contribution in [-0.2, 0) is 0 Å². The molecule has 0 aromatic carbocycles. The minimum Gasteiger partial charge on any atom is -0.161 e. The standard InChI is InChI=1S/C14H25BrS/c15-11-14(8-4-1-5-9-14)12-16-10-13-6-2-3-7-13/h13H,1-12H2. The van der Waals surface area contributed by atoms with Crippen molar-refractivity contribution >= 4 is 27.7 Å². The summed E-state index contributed by atoms with van der Waals surface area (Å²) in [6.07, 6.45) is 13.4. The highest BCUT2D eigenvalue weighted by Gasteiger charge is 2.31. The highest BCUT2D eigenvalue weighted by Crippen LogP contribution is 2.41. The predicted molar refractivity (Wildman–Crippen MR) is 78.6 cm³/mol. The van der Waals surface area contributed by atoms with Crippen LogP contribution in [-0.4, -0.2) is 16.8 Å². The first-order valence-corrected chi connectivity index (χ1v) is 9.26. The van der Waals surface area contributed by atoms with Crippen LogP contribution in [0.1, 0.15) is 57.8 Å². The van der Waals surface area contributed by atoms with Crippen LogP contribution in [0.25, 0.3) is 0 Å². The third kappa shape index (κ3) is 3.66. The van der Waals surface area contributed by atoms with Gasteiger partial charge in [-0.1, -0.05) is 48.0 Å². The van der Waals surface area contributed by atoms with E-state index in [9.17, 15) is 0 Å². The maximum Gasteiger partial charge on any atom is 0.00958 e. The zero-order valence-electron chi connectivity index (χ0n) is 10.3. The third-order valence-corrected chi connectivity index (χ3v) is 7.15. The molecule has 16 heavy (non-hydrogen) atoms. The third-order valence-electron chi connectivity index (χ3n) is 4.43. The number of rotatable bonds is 5. The van der Waals surface area contributed by atoms with Crippen molar-refractivity contribution in [1.82, 2.24) is 0 Å². The average molecular weight is 305 g/mol. The molecule has 0 aromatic rings. The van der Waals surface area contributed by atoms with Crippen molar-refractivity contribution in [2.75, 3.05) is 16.8 Å². The van der Waals surface area contributed by atoms with E-state index in [0.717, 1.165) is 5.92 Å². The van der Waals surface area contributed by atoms with E-state index in [-0.39, 0.29) is 0 Å². The first-order chi connectivity index (χ1) is 7.85. The van der Waals surface area contributed by atoms with Crippen molar-refractivity contribution in [2.45, 2.75) is 57.8 Å². The Morgan fingerprint density at radius 2 is 1.69 bits per heavy atom. The highest BCUT2D eigenvalue weighted by atomic mass is 79.9. The van der Waals surface area contributed by atoms with E-state index >= 15 is 0 Å². The Bertz CT molecular complexity index is 193. The van der Waals surface area contributed by atoms with Crippen molar-refractivity contribution < 1.29 is 0 Å². The van der Waals surface area contributed by atoms with Gasteiger partial charge in [-0.2, -0.15) is 11.8 Å². The second-order valence-electron chi connectivity index (χ2n) is 5.86. The van der Waals surface area contributed by atoms with Gasteiger partial charge >= 0.3 is 0 Å². The molecule has 0 bridgehead atoms. The predicted octanol–water partition coefficient (Wildman–Crippen LogP) is 5.26. The monoisotopic (exact) mass is 304 g/mol. The van der Waals surface area contributed by atoms with E-state index < -0.39 is 0 Å². The topological polar surface area (TPSA) is 0 Å². The smallest absolute Gasteiger partial charge is 0.00958 e. The van der Waals surface area contributed by atoms with Gasteiger partial charge in [0.05, 0.1) is 0 Å². The molecule has 0 N–H and O–H groups in total. The maximum atomic E-state index is 3.77. The molecule has 0 nitrogen and oxygen atoms in total. The minimum atomic E-state index is 0.654. The number of thioether (sulfide) groups is 1. The highest BCUT2D eigenvalue weighted by molar-refractivity contribution is 9.09. The van der Waals surface area contributed by atoms with Crippen molar-refractivity contribution in [3.05, 3.63) is 0 Å². The van der Waals surface area contributed by atoms with Gasteiger partial charge in [0.1, 0.15) is 0 Å². The van der Waals surface area contributed by atoms with Crippen LogP contribution in [0.4, 0.5) is 0 Å². The fourth-order valence-electron chi connectivity index (χ4n) is 3.24. The molecule has 2 heteroatoms. The van der Waals surface area contributed by atoms with Crippen molar-refractivity contribution in [2.24, 2.45) is 11.3 Å². The molecule has 0 amide bonds. The summed E-state index contributed by atoms with van der Waals surface area (Å²) < 4.78 is 0. The van der Waals surface area contributed by atoms with Crippen LogP contribution in [0.5, 0.6) is 0 Å². The SMILES string of the molecule is BrCC1(CSCC2CCCC2)CCCCC1. The zero-order valence-corrected chi connectivity index (χ0v) is 12.8. The molecule has 2 saturated carbocycles. The molecule has 0 spiro atoms. The van der Waals surface area contributed by atoms with E-state index in [4.69, 9.17) is 0 Å². The maximum absolute atomic E-state index is 3.77. The van der Waals surface area contributed by atoms with E-state index in [1.807, 2.05) is 0 Å². The first kappa shape index (κ1) is 13.3. The van der Waals surface area contributed by atoms with E-state index in [0.29, 0.717) is 5.41 Å². The van der Waals surface area contributed by atoms with Crippen molar-refractivity contribution in [1.29, 1.82) is 0 Å². The van der Waals surface area contributed by atoms with Gasteiger partial charge in [0.25, 0.3) is 0 Å². The van der Waals surface area contributed by atoms with Gasteiger partial charge in [-0.05, 0) is 48.5 Å². The molecule has 2 aliphatic carbocycles. The van der Waals surface area contributed by atoms with Crippen LogP contribution in [0, 0.1) is 11.3 Å². The van der Waals surface area contributed by atoms with Crippen LogP contribution >= 0.6 is 27.7 Å². The lowest BCUT2D eigenvalue weighted by Crippen LogP contribution is -2.29. The average Bonchev–Trinajstić information content (AvgIpc) is 2.83. The Kier molecular flexibility index (Phi) is 5.54. The first-order valence-electron chi connectivity index (χ1n) is 6.98. The van der Waals surface area contributed by atoms with Gasteiger partial charge in [-0.3, -0.25) is 0 Å². The van der Waals surface area contributed by atoms with Gasteiger partial charge in [-0.25, -0.2) is 0 Å². The Morgan fingerprint density at radius 1 is 1.00 bits per heavy atom. The molecular formula is C14H25BrS. The van der Waals surface area contributed by atoms with Crippen LogP contribution in [0.2, 0.25) is 0 Å². The lowest BCUT2D eigenvalue weighted by atomic mass is 9.77. The Balaban J connectivity index is 1.69. The number of hydrogen-bond acceptors (Lipinski definition) is 1. The number of alkyl halides is 1. The summed E-state index contributed by atoms with van der Waals surface area (Å²) in [7, 11) is 0. The molecule has 2 aliphatic rings. The van der Waals surface area contributed by atoms with Gasteiger partial charge < -0.3 is 0 Å². The Labute approximate surface area is 113 Å². The molecule has 0 radical (unpaired) electrons. The lowest BCUT2D eigenvalue weighted by Gasteiger charge is -2.35. The van der Waals surface area contributed by atoms with Crippen LogP contribution < -0.4 is 0 Å². The fraction of sp³-hybridized carbons (Fsp3) is 1.00. The second-order valence-corrected chi connectivity index (χ2v) is 7.45.